The molecule has 0 aromatic heterocycles. The van der Waals surface area contributed by atoms with Crippen molar-refractivity contribution in [1.29, 1.82) is 0 Å². The van der Waals surface area contributed by atoms with Gasteiger partial charge in [0.15, 0.2) is 0 Å². The van der Waals surface area contributed by atoms with Crippen molar-refractivity contribution in [3.8, 4) is 0 Å². The van der Waals surface area contributed by atoms with Crippen LogP contribution in [0.25, 0.3) is 0 Å². The Balaban J connectivity index is 2.14. The first-order valence-electron chi connectivity index (χ1n) is 4.97. The Hall–Kier alpha value is 0.310. The zero-order chi connectivity index (χ0) is 8.82. The first kappa shape index (κ1) is 8.89. The molecule has 2 aliphatic rings. The Labute approximate surface area is 79.7 Å². The van der Waals surface area contributed by atoms with Crippen LogP contribution in [-0.4, -0.2) is 16.2 Å². The number of thioether (sulfide) groups is 1. The number of hydrogen-bond donors (Lipinski definition) is 1. The van der Waals surface area contributed by atoms with Gasteiger partial charge in [0.25, 0.3) is 0 Å². The smallest absolute Gasteiger partial charge is 0.0676 e. The van der Waals surface area contributed by atoms with Gasteiger partial charge < -0.3 is 0 Å². The molecular formula is C10H19NS. The van der Waals surface area contributed by atoms with Crippen molar-refractivity contribution >= 4 is 11.8 Å². The number of nitrogens with one attached hydrogen (secondary N) is 1. The Bertz CT molecular complexity index is 190. The molecule has 1 saturated heterocycles. The van der Waals surface area contributed by atoms with Gasteiger partial charge in [-0.3, -0.25) is 5.32 Å². The highest BCUT2D eigenvalue weighted by molar-refractivity contribution is 8.01. The van der Waals surface area contributed by atoms with Crippen LogP contribution >= 0.6 is 11.8 Å². The fourth-order valence-corrected chi connectivity index (χ4v) is 4.23. The molecule has 1 spiro atoms. The van der Waals surface area contributed by atoms with Crippen LogP contribution in [0.4, 0.5) is 0 Å². The summed E-state index contributed by atoms with van der Waals surface area (Å²) in [6, 6.07) is 0. The van der Waals surface area contributed by atoms with E-state index < -0.39 is 0 Å². The highest BCUT2D eigenvalue weighted by Gasteiger charge is 2.48. The van der Waals surface area contributed by atoms with E-state index in [1.807, 2.05) is 0 Å². The third kappa shape index (κ3) is 1.29. The molecule has 2 fully saturated rings. The van der Waals surface area contributed by atoms with Crippen molar-refractivity contribution in [2.24, 2.45) is 5.92 Å². The standard InChI is InChI=1S/C10H19NS/c1-8-5-4-6-10(8)11-9(2,3)7-12-10/h8,11H,4-7H2,1-3H3. The minimum atomic E-state index is 0.364. The monoisotopic (exact) mass is 185 g/mol. The topological polar surface area (TPSA) is 12.0 Å². The molecule has 0 amide bonds. The molecule has 1 aliphatic heterocycles. The Morgan fingerprint density at radius 1 is 1.42 bits per heavy atom. The van der Waals surface area contributed by atoms with Gasteiger partial charge in [0.2, 0.25) is 0 Å². The van der Waals surface area contributed by atoms with Crippen molar-refractivity contribution < 1.29 is 0 Å². The van der Waals surface area contributed by atoms with Crippen molar-refractivity contribution in [3.05, 3.63) is 0 Å². The van der Waals surface area contributed by atoms with Crippen LogP contribution in [0.5, 0.6) is 0 Å². The van der Waals surface area contributed by atoms with Crippen LogP contribution in [0.3, 0.4) is 0 Å². The summed E-state index contributed by atoms with van der Waals surface area (Å²) >= 11 is 2.16. The summed E-state index contributed by atoms with van der Waals surface area (Å²) in [5.74, 6) is 2.14. The molecule has 70 valence electrons. The predicted octanol–water partition coefficient (Wildman–Crippen LogP) is 2.62. The summed E-state index contributed by atoms with van der Waals surface area (Å²) in [4.78, 5) is 0.448. The van der Waals surface area contributed by atoms with Crippen molar-refractivity contribution in [1.82, 2.24) is 5.32 Å². The average molecular weight is 185 g/mol. The minimum Gasteiger partial charge on any atom is -0.297 e. The van der Waals surface area contributed by atoms with Crippen molar-refractivity contribution in [2.45, 2.75) is 50.4 Å². The Morgan fingerprint density at radius 3 is 2.58 bits per heavy atom. The lowest BCUT2D eigenvalue weighted by Crippen LogP contribution is -2.48. The van der Waals surface area contributed by atoms with Crippen LogP contribution in [-0.2, 0) is 0 Å². The molecule has 12 heavy (non-hydrogen) atoms. The van der Waals surface area contributed by atoms with Crippen molar-refractivity contribution in [3.63, 3.8) is 0 Å². The lowest BCUT2D eigenvalue weighted by atomic mass is 10.0. The van der Waals surface area contributed by atoms with E-state index in [4.69, 9.17) is 0 Å². The predicted molar refractivity (Wildman–Crippen MR) is 55.4 cm³/mol. The highest BCUT2D eigenvalue weighted by Crippen LogP contribution is 2.49. The van der Waals surface area contributed by atoms with Crippen LogP contribution < -0.4 is 5.32 Å². The van der Waals surface area contributed by atoms with E-state index in [-0.39, 0.29) is 0 Å². The quantitative estimate of drug-likeness (QED) is 0.622. The van der Waals surface area contributed by atoms with E-state index in [0.29, 0.717) is 10.4 Å². The summed E-state index contributed by atoms with van der Waals surface area (Å²) in [5.41, 5.74) is 0.364. The van der Waals surface area contributed by atoms with E-state index in [0.717, 1.165) is 5.92 Å². The maximum atomic E-state index is 3.82. The second-order valence-electron chi connectivity index (χ2n) is 4.98. The van der Waals surface area contributed by atoms with E-state index >= 15 is 0 Å². The normalized spacial score (nSPS) is 45.8. The molecule has 0 aromatic carbocycles. The largest absolute Gasteiger partial charge is 0.297 e. The molecule has 0 radical (unpaired) electrons. The fraction of sp³-hybridized carbons (Fsp3) is 1.00. The van der Waals surface area contributed by atoms with Gasteiger partial charge in [-0.1, -0.05) is 13.3 Å². The SMILES string of the molecule is CC1CCCC12NC(C)(C)CS2. The second kappa shape index (κ2) is 2.65. The van der Waals surface area contributed by atoms with E-state index in [9.17, 15) is 0 Å². The Morgan fingerprint density at radius 2 is 2.17 bits per heavy atom. The molecule has 2 atom stereocenters. The average Bonchev–Trinajstić information content (AvgIpc) is 2.43. The van der Waals surface area contributed by atoms with Crippen LogP contribution in [0.2, 0.25) is 0 Å². The first-order chi connectivity index (χ1) is 5.54. The fourth-order valence-electron chi connectivity index (χ4n) is 2.50. The summed E-state index contributed by atoms with van der Waals surface area (Å²) in [7, 11) is 0. The summed E-state index contributed by atoms with van der Waals surface area (Å²) in [5, 5.41) is 3.82. The molecule has 2 rings (SSSR count). The van der Waals surface area contributed by atoms with Crippen LogP contribution in [0.1, 0.15) is 40.0 Å². The zero-order valence-electron chi connectivity index (χ0n) is 8.31. The first-order valence-corrected chi connectivity index (χ1v) is 5.96. The van der Waals surface area contributed by atoms with Crippen LogP contribution in [0, 0.1) is 5.92 Å². The lowest BCUT2D eigenvalue weighted by molar-refractivity contribution is 0.318. The van der Waals surface area contributed by atoms with Gasteiger partial charge in [0.05, 0.1) is 4.87 Å². The van der Waals surface area contributed by atoms with E-state index in [1.54, 1.807) is 0 Å². The third-order valence-corrected chi connectivity index (χ3v) is 5.31. The molecular weight excluding hydrogens is 166 g/mol. The van der Waals surface area contributed by atoms with Gasteiger partial charge >= 0.3 is 0 Å². The van der Waals surface area contributed by atoms with Crippen LogP contribution in [0.15, 0.2) is 0 Å². The molecule has 1 nitrogen and oxygen atoms in total. The van der Waals surface area contributed by atoms with Gasteiger partial charge in [0.1, 0.15) is 0 Å². The van der Waals surface area contributed by atoms with Gasteiger partial charge in [-0.15, -0.1) is 11.8 Å². The number of rotatable bonds is 0. The lowest BCUT2D eigenvalue weighted by Gasteiger charge is -2.31. The van der Waals surface area contributed by atoms with Gasteiger partial charge in [-0.25, -0.2) is 0 Å². The maximum Gasteiger partial charge on any atom is 0.0676 e. The van der Waals surface area contributed by atoms with Gasteiger partial charge in [-0.05, 0) is 32.6 Å². The molecule has 0 bridgehead atoms. The molecule has 2 unspecified atom stereocenters. The van der Waals surface area contributed by atoms with E-state index in [2.05, 4.69) is 37.8 Å². The molecule has 2 heteroatoms. The Kier molecular flexibility index (Phi) is 1.96. The molecule has 1 saturated carbocycles. The number of hydrogen-bond acceptors (Lipinski definition) is 2. The van der Waals surface area contributed by atoms with Gasteiger partial charge in [-0.2, -0.15) is 0 Å². The summed E-state index contributed by atoms with van der Waals surface area (Å²) in [6.07, 6.45) is 4.20. The summed E-state index contributed by atoms with van der Waals surface area (Å²) in [6.45, 7) is 7.04. The maximum absolute atomic E-state index is 3.82. The van der Waals surface area contributed by atoms with Gasteiger partial charge in [0, 0.05) is 11.3 Å². The van der Waals surface area contributed by atoms with E-state index in [1.165, 1.54) is 25.0 Å². The second-order valence-corrected chi connectivity index (χ2v) is 6.29. The molecule has 1 N–H and O–H groups in total. The minimum absolute atomic E-state index is 0.364. The van der Waals surface area contributed by atoms with Crippen molar-refractivity contribution in [2.75, 3.05) is 5.75 Å². The highest BCUT2D eigenvalue weighted by atomic mass is 32.2. The molecule has 0 aromatic rings. The molecule has 1 heterocycles. The third-order valence-electron chi connectivity index (χ3n) is 3.22. The summed E-state index contributed by atoms with van der Waals surface area (Å²) < 4.78 is 0. The molecule has 1 aliphatic carbocycles. The zero-order valence-corrected chi connectivity index (χ0v) is 9.13.